The Kier molecular flexibility index (Phi) is 6.32. The molecule has 1 saturated heterocycles. The van der Waals surface area contributed by atoms with Crippen molar-refractivity contribution in [1.82, 2.24) is 4.98 Å². The van der Waals surface area contributed by atoms with Crippen LogP contribution in [-0.2, 0) is 4.74 Å². The molecule has 1 aliphatic heterocycles. The average molecular weight is 435 g/mol. The zero-order valence-corrected chi connectivity index (χ0v) is 17.5. The van der Waals surface area contributed by atoms with Gasteiger partial charge in [0.05, 0.1) is 25.1 Å². The number of hydrogen-bond acceptors (Lipinski definition) is 6. The number of anilines is 3. The molecule has 2 N–H and O–H groups in total. The Morgan fingerprint density at radius 2 is 1.93 bits per heavy atom. The average Bonchev–Trinajstić information content (AvgIpc) is 3.40. The number of aromatic nitrogens is 1. The molecule has 0 unspecified atom stereocenters. The summed E-state index contributed by atoms with van der Waals surface area (Å²) in [5.74, 6) is 0.126. The fourth-order valence-corrected chi connectivity index (χ4v) is 4.64. The zero-order chi connectivity index (χ0) is 20.2. The predicted molar refractivity (Wildman–Crippen MR) is 116 cm³/mol. The molecule has 1 aliphatic carbocycles. The standard InChI is InChI=1S/C20H23ClN4O3S/c21-17-12-22-20(29-17)24-19(27)23-16-6-5-14(25-7-9-28-10-8-25)11-15(16)18(26)13-3-1-2-4-13/h5-6,11-13H,1-4,7-10H2,(H2,22,23,24,27). The Morgan fingerprint density at radius 1 is 1.17 bits per heavy atom. The van der Waals surface area contributed by atoms with Crippen LogP contribution in [0.5, 0.6) is 0 Å². The van der Waals surface area contributed by atoms with Crippen LogP contribution in [0.4, 0.5) is 21.3 Å². The van der Waals surface area contributed by atoms with Crippen molar-refractivity contribution >= 4 is 51.3 Å². The summed E-state index contributed by atoms with van der Waals surface area (Å²) < 4.78 is 5.92. The number of carbonyl (C=O) groups is 2. The summed E-state index contributed by atoms with van der Waals surface area (Å²) in [6.45, 7) is 2.92. The highest BCUT2D eigenvalue weighted by molar-refractivity contribution is 7.19. The second-order valence-corrected chi connectivity index (χ2v) is 8.89. The quantitative estimate of drug-likeness (QED) is 0.669. The van der Waals surface area contributed by atoms with Gasteiger partial charge >= 0.3 is 6.03 Å². The Morgan fingerprint density at radius 3 is 2.62 bits per heavy atom. The Bertz CT molecular complexity index is 892. The maximum atomic E-state index is 13.2. The number of thiazole rings is 1. The molecule has 0 atom stereocenters. The van der Waals surface area contributed by atoms with Crippen molar-refractivity contribution in [2.45, 2.75) is 25.7 Å². The molecule has 1 aromatic carbocycles. The summed E-state index contributed by atoms with van der Waals surface area (Å²) in [6, 6.07) is 5.20. The third kappa shape index (κ3) is 4.88. The van der Waals surface area contributed by atoms with Crippen LogP contribution in [-0.4, -0.2) is 43.1 Å². The van der Waals surface area contributed by atoms with Crippen LogP contribution in [0, 0.1) is 5.92 Å². The highest BCUT2D eigenvalue weighted by Gasteiger charge is 2.27. The molecular formula is C20H23ClN4O3S. The molecule has 0 radical (unpaired) electrons. The number of nitrogens with one attached hydrogen (secondary N) is 2. The lowest BCUT2D eigenvalue weighted by molar-refractivity contribution is 0.0923. The van der Waals surface area contributed by atoms with Gasteiger partial charge in [-0.2, -0.15) is 0 Å². The lowest BCUT2D eigenvalue weighted by Crippen LogP contribution is -2.36. The first kappa shape index (κ1) is 20.1. The molecule has 9 heteroatoms. The van der Waals surface area contributed by atoms with Crippen LogP contribution in [0.15, 0.2) is 24.4 Å². The van der Waals surface area contributed by atoms with Gasteiger partial charge < -0.3 is 15.0 Å². The molecule has 0 bridgehead atoms. The van der Waals surface area contributed by atoms with Gasteiger partial charge in [0.2, 0.25) is 0 Å². The molecular weight excluding hydrogens is 412 g/mol. The number of ketones is 1. The monoisotopic (exact) mass is 434 g/mol. The van der Waals surface area contributed by atoms with Gasteiger partial charge in [-0.05, 0) is 31.0 Å². The van der Waals surface area contributed by atoms with Gasteiger partial charge in [-0.25, -0.2) is 9.78 Å². The molecule has 1 aromatic heterocycles. The minimum Gasteiger partial charge on any atom is -0.378 e. The fraction of sp³-hybridized carbons (Fsp3) is 0.450. The smallest absolute Gasteiger partial charge is 0.325 e. The number of urea groups is 1. The Labute approximate surface area is 178 Å². The van der Waals surface area contributed by atoms with Crippen LogP contribution in [0.2, 0.25) is 4.34 Å². The van der Waals surface area contributed by atoms with Crippen molar-refractivity contribution < 1.29 is 14.3 Å². The van der Waals surface area contributed by atoms with Crippen LogP contribution < -0.4 is 15.5 Å². The molecule has 7 nitrogen and oxygen atoms in total. The van der Waals surface area contributed by atoms with E-state index in [9.17, 15) is 9.59 Å². The molecule has 0 spiro atoms. The minimum atomic E-state index is -0.449. The van der Waals surface area contributed by atoms with Crippen LogP contribution >= 0.6 is 22.9 Å². The van der Waals surface area contributed by atoms with Crippen molar-refractivity contribution in [3.63, 3.8) is 0 Å². The molecule has 2 heterocycles. The van der Waals surface area contributed by atoms with E-state index in [0.29, 0.717) is 33.9 Å². The van der Waals surface area contributed by atoms with Gasteiger partial charge in [0.1, 0.15) is 4.34 Å². The Balaban J connectivity index is 1.57. The Hall–Kier alpha value is -2.16. The van der Waals surface area contributed by atoms with E-state index >= 15 is 0 Å². The van der Waals surface area contributed by atoms with Gasteiger partial charge in [0, 0.05) is 30.3 Å². The number of rotatable bonds is 5. The zero-order valence-electron chi connectivity index (χ0n) is 15.9. The number of morpholine rings is 1. The van der Waals surface area contributed by atoms with Crippen molar-refractivity contribution in [2.24, 2.45) is 5.92 Å². The van der Waals surface area contributed by atoms with Gasteiger partial charge in [0.15, 0.2) is 10.9 Å². The summed E-state index contributed by atoms with van der Waals surface area (Å²) in [5, 5.41) is 5.88. The summed E-state index contributed by atoms with van der Waals surface area (Å²) in [4.78, 5) is 31.9. The first-order valence-corrected chi connectivity index (χ1v) is 11.0. The van der Waals surface area contributed by atoms with E-state index in [1.54, 1.807) is 6.07 Å². The summed E-state index contributed by atoms with van der Waals surface area (Å²) in [7, 11) is 0. The second kappa shape index (κ2) is 9.11. The fourth-order valence-electron chi connectivity index (χ4n) is 3.83. The number of carbonyl (C=O) groups excluding carboxylic acids is 2. The largest absolute Gasteiger partial charge is 0.378 e. The van der Waals surface area contributed by atoms with E-state index in [1.807, 2.05) is 12.1 Å². The van der Waals surface area contributed by atoms with E-state index in [2.05, 4.69) is 20.5 Å². The summed E-state index contributed by atoms with van der Waals surface area (Å²) in [5.41, 5.74) is 2.06. The van der Waals surface area contributed by atoms with Crippen molar-refractivity contribution in [1.29, 1.82) is 0 Å². The first-order chi connectivity index (χ1) is 14.1. The highest BCUT2D eigenvalue weighted by atomic mass is 35.5. The number of benzene rings is 1. The molecule has 2 aliphatic rings. The highest BCUT2D eigenvalue weighted by Crippen LogP contribution is 2.33. The molecule has 29 heavy (non-hydrogen) atoms. The third-order valence-electron chi connectivity index (χ3n) is 5.32. The van der Waals surface area contributed by atoms with Crippen LogP contribution in [0.1, 0.15) is 36.0 Å². The van der Waals surface area contributed by atoms with E-state index in [-0.39, 0.29) is 11.7 Å². The van der Waals surface area contributed by atoms with Crippen LogP contribution in [0.3, 0.4) is 0 Å². The third-order valence-corrected chi connectivity index (χ3v) is 6.35. The lowest BCUT2D eigenvalue weighted by atomic mass is 9.94. The minimum absolute atomic E-state index is 0.0244. The van der Waals surface area contributed by atoms with Crippen LogP contribution in [0.25, 0.3) is 0 Å². The van der Waals surface area contributed by atoms with Gasteiger partial charge in [0.25, 0.3) is 0 Å². The van der Waals surface area contributed by atoms with Gasteiger partial charge in [-0.1, -0.05) is 35.8 Å². The topological polar surface area (TPSA) is 83.6 Å². The summed E-state index contributed by atoms with van der Waals surface area (Å²) in [6.07, 6.45) is 5.45. The number of nitrogens with zero attached hydrogens (tertiary/aromatic N) is 2. The number of ether oxygens (including phenoxy) is 1. The molecule has 2 amide bonds. The number of halogens is 1. The van der Waals surface area contributed by atoms with E-state index in [0.717, 1.165) is 44.5 Å². The van der Waals surface area contributed by atoms with Gasteiger partial charge in [-0.15, -0.1) is 0 Å². The van der Waals surface area contributed by atoms with E-state index < -0.39 is 6.03 Å². The normalized spacial score (nSPS) is 17.3. The molecule has 2 fully saturated rings. The van der Waals surface area contributed by atoms with Crippen molar-refractivity contribution in [3.8, 4) is 0 Å². The van der Waals surface area contributed by atoms with Gasteiger partial charge in [-0.3, -0.25) is 10.1 Å². The van der Waals surface area contributed by atoms with E-state index in [4.69, 9.17) is 16.3 Å². The second-order valence-electron chi connectivity index (χ2n) is 7.22. The predicted octanol–water partition coefficient (Wildman–Crippen LogP) is 4.65. The molecule has 4 rings (SSSR count). The molecule has 1 saturated carbocycles. The number of amides is 2. The SMILES string of the molecule is O=C(Nc1ncc(Cl)s1)Nc1ccc(N2CCOCC2)cc1C(=O)C1CCCC1. The lowest BCUT2D eigenvalue weighted by Gasteiger charge is -2.29. The molecule has 2 aromatic rings. The maximum Gasteiger partial charge on any atom is 0.325 e. The summed E-state index contributed by atoms with van der Waals surface area (Å²) >= 11 is 7.04. The number of Topliss-reactive ketones (excluding diaryl/α,β-unsaturated/α-hetero) is 1. The first-order valence-electron chi connectivity index (χ1n) is 9.80. The van der Waals surface area contributed by atoms with Crippen molar-refractivity contribution in [2.75, 3.05) is 41.8 Å². The number of hydrogen-bond donors (Lipinski definition) is 2. The maximum absolute atomic E-state index is 13.2. The molecule has 154 valence electrons. The van der Waals surface area contributed by atoms with E-state index in [1.165, 1.54) is 17.5 Å². The van der Waals surface area contributed by atoms with Crippen molar-refractivity contribution in [3.05, 3.63) is 34.3 Å².